The third-order valence-corrected chi connectivity index (χ3v) is 3.51. The minimum Gasteiger partial charge on any atom is -0.508 e. The van der Waals surface area contributed by atoms with E-state index in [4.69, 9.17) is 0 Å². The van der Waals surface area contributed by atoms with Crippen LogP contribution in [0.1, 0.15) is 50.4 Å². The van der Waals surface area contributed by atoms with Gasteiger partial charge in [0.1, 0.15) is 5.75 Å². The summed E-state index contributed by atoms with van der Waals surface area (Å²) in [6.07, 6.45) is 6.37. The van der Waals surface area contributed by atoms with E-state index in [2.05, 4.69) is 33.4 Å². The number of ketones is 1. The zero-order valence-electron chi connectivity index (χ0n) is 12.6. The first kappa shape index (κ1) is 16.2. The van der Waals surface area contributed by atoms with Gasteiger partial charge in [0.15, 0.2) is 5.78 Å². The van der Waals surface area contributed by atoms with Gasteiger partial charge >= 0.3 is 0 Å². The first-order chi connectivity index (χ1) is 9.36. The second-order valence-electron chi connectivity index (χ2n) is 5.83. The third-order valence-electron chi connectivity index (χ3n) is 3.51. The van der Waals surface area contributed by atoms with Gasteiger partial charge in [0, 0.05) is 12.0 Å². The van der Waals surface area contributed by atoms with Gasteiger partial charge in [-0.15, -0.1) is 6.58 Å². The zero-order valence-corrected chi connectivity index (χ0v) is 12.6. The maximum atomic E-state index is 12.3. The van der Waals surface area contributed by atoms with Crippen LogP contribution in [0.3, 0.4) is 0 Å². The first-order valence-corrected chi connectivity index (χ1v) is 6.95. The van der Waals surface area contributed by atoms with Gasteiger partial charge in [-0.3, -0.25) is 4.79 Å². The molecule has 1 rings (SSSR count). The molecule has 0 aliphatic heterocycles. The lowest BCUT2D eigenvalue weighted by Crippen LogP contribution is -2.18. The predicted molar refractivity (Wildman–Crippen MR) is 84.0 cm³/mol. The molecule has 1 aromatic rings. The Hall–Kier alpha value is -1.83. The fourth-order valence-electron chi connectivity index (χ4n) is 2.07. The van der Waals surface area contributed by atoms with Gasteiger partial charge in [-0.2, -0.15) is 0 Å². The van der Waals surface area contributed by atoms with E-state index in [9.17, 15) is 9.90 Å². The number of benzene rings is 1. The Kier molecular flexibility index (Phi) is 5.75. The van der Waals surface area contributed by atoms with Crippen LogP contribution in [-0.2, 0) is 0 Å². The number of hydrogen-bond acceptors (Lipinski definition) is 2. The van der Waals surface area contributed by atoms with E-state index in [1.165, 1.54) is 5.57 Å². The number of rotatable bonds is 7. The number of allylic oxidation sites excluding steroid dienone is 3. The maximum absolute atomic E-state index is 12.3. The molecule has 0 saturated carbocycles. The molecule has 0 saturated heterocycles. The summed E-state index contributed by atoms with van der Waals surface area (Å²) in [5.74, 6) is 0.265. The number of carbonyl (C=O) groups is 1. The van der Waals surface area contributed by atoms with Crippen molar-refractivity contribution in [2.75, 3.05) is 0 Å². The second-order valence-corrected chi connectivity index (χ2v) is 5.83. The van der Waals surface area contributed by atoms with Crippen LogP contribution in [0.15, 0.2) is 48.6 Å². The van der Waals surface area contributed by atoms with Crippen LogP contribution in [-0.4, -0.2) is 10.9 Å². The average molecular weight is 272 g/mol. The van der Waals surface area contributed by atoms with Crippen molar-refractivity contribution in [2.45, 2.75) is 40.0 Å². The first-order valence-electron chi connectivity index (χ1n) is 6.95. The highest BCUT2D eigenvalue weighted by Gasteiger charge is 2.24. The molecule has 0 heterocycles. The van der Waals surface area contributed by atoms with E-state index >= 15 is 0 Å². The van der Waals surface area contributed by atoms with Crippen molar-refractivity contribution in [3.05, 3.63) is 54.1 Å². The number of hydrogen-bond donors (Lipinski definition) is 1. The molecule has 0 aliphatic rings. The summed E-state index contributed by atoms with van der Waals surface area (Å²) in [5, 5.41) is 9.25. The lowest BCUT2D eigenvalue weighted by atomic mass is 9.79. The number of carbonyl (C=O) groups excluding carboxylic acids is 1. The van der Waals surface area contributed by atoms with E-state index in [1.807, 2.05) is 6.08 Å². The Labute approximate surface area is 121 Å². The lowest BCUT2D eigenvalue weighted by Gasteiger charge is -2.24. The highest BCUT2D eigenvalue weighted by molar-refractivity contribution is 5.96. The molecule has 0 amide bonds. The molecule has 0 radical (unpaired) electrons. The van der Waals surface area contributed by atoms with Gasteiger partial charge in [-0.1, -0.05) is 24.6 Å². The molecule has 1 aromatic carbocycles. The molecule has 2 nitrogen and oxygen atoms in total. The highest BCUT2D eigenvalue weighted by Crippen LogP contribution is 2.31. The molecule has 1 N–H and O–H groups in total. The van der Waals surface area contributed by atoms with Gasteiger partial charge in [0.05, 0.1) is 0 Å². The molecule has 0 bridgehead atoms. The SMILES string of the molecule is C=CC(C)(CCC=C(C)C)CC(=O)c1ccc(O)cc1. The van der Waals surface area contributed by atoms with Crippen LogP contribution in [0.5, 0.6) is 5.75 Å². The monoisotopic (exact) mass is 272 g/mol. The smallest absolute Gasteiger partial charge is 0.163 e. The van der Waals surface area contributed by atoms with Crippen molar-refractivity contribution in [1.82, 2.24) is 0 Å². The van der Waals surface area contributed by atoms with Crippen LogP contribution in [0, 0.1) is 5.41 Å². The number of phenols is 1. The van der Waals surface area contributed by atoms with Gasteiger partial charge in [-0.25, -0.2) is 0 Å². The van der Waals surface area contributed by atoms with E-state index in [0.717, 1.165) is 12.8 Å². The molecule has 0 spiro atoms. The van der Waals surface area contributed by atoms with Crippen molar-refractivity contribution in [2.24, 2.45) is 5.41 Å². The molecular formula is C18H24O2. The molecule has 20 heavy (non-hydrogen) atoms. The largest absolute Gasteiger partial charge is 0.508 e. The molecule has 0 aromatic heterocycles. The topological polar surface area (TPSA) is 37.3 Å². The quantitative estimate of drug-likeness (QED) is 0.566. The third kappa shape index (κ3) is 5.04. The van der Waals surface area contributed by atoms with Crippen LogP contribution in [0.25, 0.3) is 0 Å². The van der Waals surface area contributed by atoms with Crippen molar-refractivity contribution in [1.29, 1.82) is 0 Å². The molecule has 108 valence electrons. The fourth-order valence-corrected chi connectivity index (χ4v) is 2.07. The minimum absolute atomic E-state index is 0.0876. The van der Waals surface area contributed by atoms with Crippen molar-refractivity contribution in [3.8, 4) is 5.75 Å². The van der Waals surface area contributed by atoms with E-state index in [0.29, 0.717) is 12.0 Å². The highest BCUT2D eigenvalue weighted by atomic mass is 16.3. The molecule has 1 atom stereocenters. The van der Waals surface area contributed by atoms with Crippen LogP contribution < -0.4 is 0 Å². The summed E-state index contributed by atoms with van der Waals surface area (Å²) in [6, 6.07) is 6.41. The Balaban J connectivity index is 2.71. The molecule has 2 heteroatoms. The van der Waals surface area contributed by atoms with E-state index < -0.39 is 0 Å². The standard InChI is InChI=1S/C18H24O2/c1-5-18(4,12-6-7-14(2)3)13-17(20)15-8-10-16(19)11-9-15/h5,7-11,19H,1,6,12-13H2,2-4H3. The summed E-state index contributed by atoms with van der Waals surface area (Å²) in [4.78, 5) is 12.3. The lowest BCUT2D eigenvalue weighted by molar-refractivity contribution is 0.0940. The van der Waals surface area contributed by atoms with Crippen LogP contribution in [0.2, 0.25) is 0 Å². The van der Waals surface area contributed by atoms with E-state index in [-0.39, 0.29) is 16.9 Å². The van der Waals surface area contributed by atoms with E-state index in [1.54, 1.807) is 24.3 Å². The molecule has 0 fully saturated rings. The second kappa shape index (κ2) is 7.09. The molecular weight excluding hydrogens is 248 g/mol. The van der Waals surface area contributed by atoms with Crippen LogP contribution >= 0.6 is 0 Å². The Bertz CT molecular complexity index is 493. The zero-order chi connectivity index (χ0) is 15.2. The summed E-state index contributed by atoms with van der Waals surface area (Å²) < 4.78 is 0. The molecule has 0 aliphatic carbocycles. The normalized spacial score (nSPS) is 13.3. The summed E-state index contributed by atoms with van der Waals surface area (Å²) in [6.45, 7) is 10.1. The van der Waals surface area contributed by atoms with Gasteiger partial charge < -0.3 is 5.11 Å². The maximum Gasteiger partial charge on any atom is 0.163 e. The number of aromatic hydroxyl groups is 1. The van der Waals surface area contributed by atoms with Gasteiger partial charge in [0.25, 0.3) is 0 Å². The summed E-state index contributed by atoms with van der Waals surface area (Å²) in [5.41, 5.74) is 1.74. The van der Waals surface area contributed by atoms with Crippen molar-refractivity contribution >= 4 is 5.78 Å². The van der Waals surface area contributed by atoms with Gasteiger partial charge in [0.2, 0.25) is 0 Å². The molecule has 1 unspecified atom stereocenters. The van der Waals surface area contributed by atoms with Crippen molar-refractivity contribution in [3.63, 3.8) is 0 Å². The predicted octanol–water partition coefficient (Wildman–Crippen LogP) is 4.90. The van der Waals surface area contributed by atoms with Crippen molar-refractivity contribution < 1.29 is 9.90 Å². The Morgan fingerprint density at radius 2 is 1.90 bits per heavy atom. The van der Waals surface area contributed by atoms with Gasteiger partial charge in [-0.05, 0) is 56.4 Å². The average Bonchev–Trinajstić information content (AvgIpc) is 2.39. The fraction of sp³-hybridized carbons (Fsp3) is 0.389. The Morgan fingerprint density at radius 3 is 2.40 bits per heavy atom. The summed E-state index contributed by atoms with van der Waals surface area (Å²) >= 11 is 0. The number of phenolic OH excluding ortho intramolecular Hbond substituents is 1. The van der Waals surface area contributed by atoms with Crippen LogP contribution in [0.4, 0.5) is 0 Å². The Morgan fingerprint density at radius 1 is 1.30 bits per heavy atom. The minimum atomic E-state index is -0.194. The summed E-state index contributed by atoms with van der Waals surface area (Å²) in [7, 11) is 0. The number of Topliss-reactive ketones (excluding diaryl/α,β-unsaturated/α-hetero) is 1.